The molecule has 9 heteroatoms. The molecule has 1 saturated heterocycles. The highest BCUT2D eigenvalue weighted by Gasteiger charge is 2.32. The molecule has 0 bridgehead atoms. The van der Waals surface area contributed by atoms with Gasteiger partial charge in [-0.3, -0.25) is 0 Å². The number of fused-ring (bicyclic) bond motifs is 1. The van der Waals surface area contributed by atoms with E-state index in [-0.39, 0.29) is 6.04 Å². The van der Waals surface area contributed by atoms with Crippen LogP contribution in [0, 0.1) is 18.3 Å². The van der Waals surface area contributed by atoms with Gasteiger partial charge in [0.1, 0.15) is 17.7 Å². The van der Waals surface area contributed by atoms with Crippen LogP contribution in [0.5, 0.6) is 0 Å². The first-order valence-corrected chi connectivity index (χ1v) is 8.17. The normalized spacial score (nSPS) is 14.4. The number of hydrogen-bond acceptors (Lipinski definition) is 7. The van der Waals surface area contributed by atoms with E-state index in [2.05, 4.69) is 25.2 Å². The number of pyridine rings is 1. The Bertz CT molecular complexity index is 985. The van der Waals surface area contributed by atoms with Crippen LogP contribution in [0.15, 0.2) is 24.4 Å². The first-order chi connectivity index (χ1) is 12.1. The summed E-state index contributed by atoms with van der Waals surface area (Å²) in [7, 11) is 1.96. The molecule has 4 rings (SSSR count). The van der Waals surface area contributed by atoms with Crippen LogP contribution >= 0.6 is 11.6 Å². The molecule has 0 aromatic carbocycles. The lowest BCUT2D eigenvalue weighted by Crippen LogP contribution is -2.59. The molecule has 1 aliphatic rings. The molecule has 25 heavy (non-hydrogen) atoms. The van der Waals surface area contributed by atoms with E-state index in [1.165, 1.54) is 0 Å². The number of likely N-dealkylation sites (N-methyl/N-ethyl adjacent to an activating group) is 1. The number of rotatable bonds is 3. The number of hydrogen-bond donors (Lipinski definition) is 0. The van der Waals surface area contributed by atoms with E-state index in [0.29, 0.717) is 16.4 Å². The minimum atomic E-state index is 0.275. The zero-order chi connectivity index (χ0) is 17.6. The lowest BCUT2D eigenvalue weighted by atomic mass is 10.1. The molecule has 3 aromatic heterocycles. The Labute approximate surface area is 149 Å². The zero-order valence-electron chi connectivity index (χ0n) is 13.8. The van der Waals surface area contributed by atoms with Crippen LogP contribution in [0.25, 0.3) is 5.65 Å². The van der Waals surface area contributed by atoms with Crippen LogP contribution in [0.4, 0.5) is 11.6 Å². The van der Waals surface area contributed by atoms with Crippen molar-refractivity contribution in [2.45, 2.75) is 13.0 Å². The van der Waals surface area contributed by atoms with Gasteiger partial charge in [0.2, 0.25) is 0 Å². The van der Waals surface area contributed by atoms with Crippen molar-refractivity contribution in [3.05, 3.63) is 40.8 Å². The Morgan fingerprint density at radius 2 is 2.12 bits per heavy atom. The van der Waals surface area contributed by atoms with Crippen molar-refractivity contribution < 1.29 is 0 Å². The predicted octanol–water partition coefficient (Wildman–Crippen LogP) is 1.68. The molecule has 0 spiro atoms. The number of halogens is 1. The highest BCUT2D eigenvalue weighted by atomic mass is 35.5. The van der Waals surface area contributed by atoms with Gasteiger partial charge < -0.3 is 9.80 Å². The number of nitrogens with zero attached hydrogens (tertiary/aromatic N) is 8. The van der Waals surface area contributed by atoms with Crippen molar-refractivity contribution in [2.24, 2.45) is 0 Å². The fourth-order valence-electron chi connectivity index (χ4n) is 2.87. The van der Waals surface area contributed by atoms with Crippen LogP contribution in [-0.2, 0) is 0 Å². The molecule has 0 saturated carbocycles. The van der Waals surface area contributed by atoms with E-state index in [1.54, 1.807) is 16.8 Å². The van der Waals surface area contributed by atoms with Gasteiger partial charge in [-0.05, 0) is 25.1 Å². The smallest absolute Gasteiger partial charge is 0.178 e. The largest absolute Gasteiger partial charge is 0.352 e. The summed E-state index contributed by atoms with van der Waals surface area (Å²) in [6.07, 6.45) is 1.54. The molecular weight excluding hydrogens is 340 g/mol. The van der Waals surface area contributed by atoms with Gasteiger partial charge in [0, 0.05) is 26.3 Å². The molecule has 0 aliphatic carbocycles. The third-order valence-corrected chi connectivity index (χ3v) is 4.70. The lowest BCUT2D eigenvalue weighted by Gasteiger charge is -2.45. The maximum absolute atomic E-state index is 8.91. The summed E-state index contributed by atoms with van der Waals surface area (Å²) in [6, 6.07) is 7.82. The Morgan fingerprint density at radius 3 is 2.84 bits per heavy atom. The standard InChI is InChI=1S/C16H15ClN8/c1-10-20-21-14-3-4-15(22-25(10)14)24-8-12(9-24)23(2)16-13(17)5-11(6-18)7-19-16/h3-5,7,12H,8-9H2,1-2H3. The zero-order valence-corrected chi connectivity index (χ0v) is 14.5. The van der Waals surface area contributed by atoms with Gasteiger partial charge in [-0.25, -0.2) is 4.98 Å². The van der Waals surface area contributed by atoms with Crippen molar-refractivity contribution in [2.75, 3.05) is 29.9 Å². The number of aryl methyl sites for hydroxylation is 1. The van der Waals surface area contributed by atoms with Crippen molar-refractivity contribution in [1.82, 2.24) is 24.8 Å². The van der Waals surface area contributed by atoms with Gasteiger partial charge in [-0.15, -0.1) is 15.3 Å². The van der Waals surface area contributed by atoms with Gasteiger partial charge in [0.05, 0.1) is 16.6 Å². The molecule has 8 nitrogen and oxygen atoms in total. The molecule has 3 aromatic rings. The predicted molar refractivity (Wildman–Crippen MR) is 93.9 cm³/mol. The molecule has 0 N–H and O–H groups in total. The van der Waals surface area contributed by atoms with Crippen LogP contribution in [-0.4, -0.2) is 51.0 Å². The Morgan fingerprint density at radius 1 is 1.32 bits per heavy atom. The fourth-order valence-corrected chi connectivity index (χ4v) is 3.17. The van der Waals surface area contributed by atoms with Gasteiger partial charge >= 0.3 is 0 Å². The van der Waals surface area contributed by atoms with Gasteiger partial charge in [0.15, 0.2) is 11.5 Å². The number of nitriles is 1. The average Bonchev–Trinajstić information content (AvgIpc) is 2.94. The van der Waals surface area contributed by atoms with Gasteiger partial charge in [-0.2, -0.15) is 9.78 Å². The Balaban J connectivity index is 1.49. The molecule has 0 unspecified atom stereocenters. The highest BCUT2D eigenvalue weighted by molar-refractivity contribution is 6.33. The first-order valence-electron chi connectivity index (χ1n) is 7.79. The molecule has 0 atom stereocenters. The van der Waals surface area contributed by atoms with Crippen LogP contribution < -0.4 is 9.80 Å². The second-order valence-electron chi connectivity index (χ2n) is 6.02. The molecule has 1 aliphatic heterocycles. The van der Waals surface area contributed by atoms with Crippen molar-refractivity contribution in [3.63, 3.8) is 0 Å². The molecular formula is C16H15ClN8. The van der Waals surface area contributed by atoms with Crippen LogP contribution in [0.3, 0.4) is 0 Å². The van der Waals surface area contributed by atoms with Crippen molar-refractivity contribution >= 4 is 28.9 Å². The summed E-state index contributed by atoms with van der Waals surface area (Å²) in [5.74, 6) is 2.34. The lowest BCUT2D eigenvalue weighted by molar-refractivity contribution is 0.487. The minimum Gasteiger partial charge on any atom is -0.352 e. The minimum absolute atomic E-state index is 0.275. The Hall–Kier alpha value is -2.92. The quantitative estimate of drug-likeness (QED) is 0.707. The van der Waals surface area contributed by atoms with Crippen molar-refractivity contribution in [3.8, 4) is 6.07 Å². The van der Waals surface area contributed by atoms with E-state index in [0.717, 1.165) is 30.4 Å². The summed E-state index contributed by atoms with van der Waals surface area (Å²) >= 11 is 6.25. The topological polar surface area (TPSA) is 86.2 Å². The number of anilines is 2. The van der Waals surface area contributed by atoms with Gasteiger partial charge in [0.25, 0.3) is 0 Å². The van der Waals surface area contributed by atoms with E-state index in [4.69, 9.17) is 16.9 Å². The first kappa shape index (κ1) is 15.6. The van der Waals surface area contributed by atoms with E-state index in [1.807, 2.05) is 37.1 Å². The van der Waals surface area contributed by atoms with Gasteiger partial charge in [-0.1, -0.05) is 11.6 Å². The third-order valence-electron chi connectivity index (χ3n) is 4.42. The average molecular weight is 355 g/mol. The summed E-state index contributed by atoms with van der Waals surface area (Å²) in [5, 5.41) is 22.1. The maximum Gasteiger partial charge on any atom is 0.178 e. The second-order valence-corrected chi connectivity index (χ2v) is 6.43. The van der Waals surface area contributed by atoms with E-state index in [9.17, 15) is 0 Å². The highest BCUT2D eigenvalue weighted by Crippen LogP contribution is 2.29. The monoisotopic (exact) mass is 354 g/mol. The molecule has 0 radical (unpaired) electrons. The summed E-state index contributed by atoms with van der Waals surface area (Å²) in [6.45, 7) is 3.50. The van der Waals surface area contributed by atoms with E-state index < -0.39 is 0 Å². The third kappa shape index (κ3) is 2.62. The molecule has 1 fully saturated rings. The fraction of sp³-hybridized carbons (Fsp3) is 0.312. The van der Waals surface area contributed by atoms with E-state index >= 15 is 0 Å². The summed E-state index contributed by atoms with van der Waals surface area (Å²) in [5.41, 5.74) is 1.20. The van der Waals surface area contributed by atoms with Crippen LogP contribution in [0.2, 0.25) is 5.02 Å². The molecule has 0 amide bonds. The summed E-state index contributed by atoms with van der Waals surface area (Å²) < 4.78 is 1.74. The van der Waals surface area contributed by atoms with Crippen molar-refractivity contribution in [1.29, 1.82) is 5.26 Å². The number of aromatic nitrogens is 5. The molecule has 4 heterocycles. The Kier molecular flexibility index (Phi) is 3.66. The molecule has 126 valence electrons. The summed E-state index contributed by atoms with van der Waals surface area (Å²) in [4.78, 5) is 8.53. The van der Waals surface area contributed by atoms with Crippen LogP contribution in [0.1, 0.15) is 11.4 Å². The SMILES string of the molecule is Cc1nnc2ccc(N3CC(N(C)c4ncc(C#N)cc4Cl)C3)nn12. The second kappa shape index (κ2) is 5.86. The maximum atomic E-state index is 8.91.